The van der Waals surface area contributed by atoms with Crippen LogP contribution in [0.25, 0.3) is 33.1 Å². The number of anilines is 1. The first kappa shape index (κ1) is 28.8. The number of carbonyl (C=O) groups is 1. The van der Waals surface area contributed by atoms with Crippen LogP contribution in [0.5, 0.6) is 6.01 Å². The van der Waals surface area contributed by atoms with E-state index in [-0.39, 0.29) is 41.8 Å². The van der Waals surface area contributed by atoms with Crippen LogP contribution in [0.2, 0.25) is 5.02 Å². The van der Waals surface area contributed by atoms with E-state index in [9.17, 15) is 10.1 Å². The van der Waals surface area contributed by atoms with Crippen LogP contribution in [0.1, 0.15) is 19.3 Å². The summed E-state index contributed by atoms with van der Waals surface area (Å²) in [7, 11) is 2.07. The number of halogens is 2. The summed E-state index contributed by atoms with van der Waals surface area (Å²) in [6.45, 7) is 6.11. The van der Waals surface area contributed by atoms with Crippen molar-refractivity contribution in [2.24, 2.45) is 0 Å². The van der Waals surface area contributed by atoms with Gasteiger partial charge >= 0.3 is 6.01 Å². The molecule has 2 unspecified atom stereocenters. The average Bonchev–Trinajstić information content (AvgIpc) is 3.43. The van der Waals surface area contributed by atoms with Crippen LogP contribution < -0.4 is 9.64 Å². The van der Waals surface area contributed by atoms with Gasteiger partial charge in [0, 0.05) is 41.6 Å². The summed E-state index contributed by atoms with van der Waals surface area (Å²) in [5, 5.41) is 12.0. The molecule has 2 fully saturated rings. The molecule has 0 radical (unpaired) electrons. The lowest BCUT2D eigenvalue weighted by atomic mass is 10.0. The summed E-state index contributed by atoms with van der Waals surface area (Å²) in [4.78, 5) is 32.4. The Kier molecular flexibility index (Phi) is 8.10. The van der Waals surface area contributed by atoms with Gasteiger partial charge in [-0.05, 0) is 50.0 Å². The molecule has 0 saturated carbocycles. The third kappa shape index (κ3) is 5.58. The second-order valence-electron chi connectivity index (χ2n) is 10.9. The number of benzene rings is 2. The molecule has 0 aliphatic carbocycles. The third-order valence-electron chi connectivity index (χ3n) is 8.35. The van der Waals surface area contributed by atoms with Crippen molar-refractivity contribution < 1.29 is 13.9 Å². The molecule has 2 atom stereocenters. The van der Waals surface area contributed by atoms with Gasteiger partial charge in [-0.2, -0.15) is 15.2 Å². The van der Waals surface area contributed by atoms with E-state index in [1.165, 1.54) is 12.1 Å². The van der Waals surface area contributed by atoms with E-state index in [0.717, 1.165) is 24.8 Å². The minimum atomic E-state index is -0.542. The van der Waals surface area contributed by atoms with E-state index < -0.39 is 5.82 Å². The number of nitrogens with zero attached hydrogens (tertiary/aromatic N) is 7. The number of ether oxygens (including phenoxy) is 1. The fourth-order valence-electron chi connectivity index (χ4n) is 6.08. The van der Waals surface area contributed by atoms with Crippen LogP contribution in [0.4, 0.5) is 10.2 Å². The quantitative estimate of drug-likeness (QED) is 0.267. The Morgan fingerprint density at radius 1 is 1.19 bits per heavy atom. The zero-order chi connectivity index (χ0) is 30.1. The highest BCUT2D eigenvalue weighted by molar-refractivity contribution is 6.36. The molecule has 2 aromatic heterocycles. The van der Waals surface area contributed by atoms with Gasteiger partial charge in [-0.1, -0.05) is 48.5 Å². The van der Waals surface area contributed by atoms with Crippen molar-refractivity contribution in [2.75, 3.05) is 44.7 Å². The van der Waals surface area contributed by atoms with Crippen LogP contribution in [-0.2, 0) is 4.79 Å². The van der Waals surface area contributed by atoms with Gasteiger partial charge in [0.15, 0.2) is 5.65 Å². The molecule has 220 valence electrons. The Morgan fingerprint density at radius 3 is 2.74 bits per heavy atom. The Balaban J connectivity index is 1.45. The molecule has 4 aromatic rings. The number of fused-ring (bicyclic) bond motifs is 2. The maximum absolute atomic E-state index is 16.0. The second kappa shape index (κ2) is 12.1. The predicted octanol–water partition coefficient (Wildman–Crippen LogP) is 5.23. The van der Waals surface area contributed by atoms with Gasteiger partial charge in [0.05, 0.1) is 23.9 Å². The summed E-state index contributed by atoms with van der Waals surface area (Å²) >= 11 is 6.57. The topological polar surface area (TPSA) is 98.5 Å². The number of pyridine rings is 1. The van der Waals surface area contributed by atoms with E-state index in [4.69, 9.17) is 26.3 Å². The van der Waals surface area contributed by atoms with Crippen LogP contribution in [0.3, 0.4) is 0 Å². The minimum absolute atomic E-state index is 0.126. The van der Waals surface area contributed by atoms with Crippen LogP contribution in [0, 0.1) is 17.1 Å². The molecule has 0 spiro atoms. The summed E-state index contributed by atoms with van der Waals surface area (Å²) in [6, 6.07) is 14.7. The van der Waals surface area contributed by atoms with E-state index in [0.29, 0.717) is 53.4 Å². The standard InChI is InChI=1S/C32H31ClFN7O2/c1-3-27(42)41-16-15-40(18-21(41)12-13-35)31-24-17-26(34)29(23-10-4-7-20-8-5-11-25(33)28(20)23)36-30(24)37-32(38-31)43-19-22-9-6-14-39(22)2/h3-5,7-8,10-11,17,21-22H,1,6,9,12,14-16,18-19H2,2H3. The van der Waals surface area contributed by atoms with Crippen molar-refractivity contribution in [1.82, 2.24) is 24.8 Å². The lowest BCUT2D eigenvalue weighted by Crippen LogP contribution is -2.55. The van der Waals surface area contributed by atoms with Gasteiger partial charge in [-0.15, -0.1) is 0 Å². The molecule has 4 heterocycles. The molecule has 0 bridgehead atoms. The summed E-state index contributed by atoms with van der Waals surface area (Å²) in [5.74, 6) is -0.328. The number of aromatic nitrogens is 3. The van der Waals surface area contributed by atoms with Gasteiger partial charge in [0.2, 0.25) is 5.91 Å². The highest BCUT2D eigenvalue weighted by Crippen LogP contribution is 2.37. The largest absolute Gasteiger partial charge is 0.462 e. The zero-order valence-electron chi connectivity index (χ0n) is 23.8. The van der Waals surface area contributed by atoms with Gasteiger partial charge < -0.3 is 19.4 Å². The highest BCUT2D eigenvalue weighted by Gasteiger charge is 2.32. The number of piperazine rings is 1. The molecule has 11 heteroatoms. The molecule has 2 aliphatic heterocycles. The molecule has 0 N–H and O–H groups in total. The number of rotatable bonds is 7. The van der Waals surface area contributed by atoms with Crippen molar-refractivity contribution >= 4 is 45.1 Å². The van der Waals surface area contributed by atoms with Gasteiger partial charge in [0.1, 0.15) is 23.9 Å². The lowest BCUT2D eigenvalue weighted by molar-refractivity contribution is -0.128. The summed E-state index contributed by atoms with van der Waals surface area (Å²) in [6.07, 6.45) is 3.50. The molecular formula is C32H31ClFN7O2. The molecule has 2 aromatic carbocycles. The number of carbonyl (C=O) groups excluding carboxylic acids is 1. The normalized spacial score (nSPS) is 19.1. The fraction of sp³-hybridized carbons (Fsp3) is 0.344. The van der Waals surface area contributed by atoms with Gasteiger partial charge in [0.25, 0.3) is 0 Å². The number of likely N-dealkylation sites (tertiary alicyclic amines) is 1. The number of amides is 1. The number of hydrogen-bond donors (Lipinski definition) is 0. The first-order chi connectivity index (χ1) is 20.9. The Labute approximate surface area is 254 Å². The Morgan fingerprint density at radius 2 is 2.00 bits per heavy atom. The van der Waals surface area contributed by atoms with Crippen LogP contribution in [-0.4, -0.2) is 82.6 Å². The number of nitriles is 1. The smallest absolute Gasteiger partial charge is 0.320 e. The average molecular weight is 600 g/mol. The number of hydrogen-bond acceptors (Lipinski definition) is 8. The van der Waals surface area contributed by atoms with Crippen molar-refractivity contribution in [3.8, 4) is 23.3 Å². The first-order valence-electron chi connectivity index (χ1n) is 14.3. The lowest BCUT2D eigenvalue weighted by Gasteiger charge is -2.41. The minimum Gasteiger partial charge on any atom is -0.462 e. The molecule has 1 amide bonds. The summed E-state index contributed by atoms with van der Waals surface area (Å²) in [5.41, 5.74) is 0.964. The van der Waals surface area contributed by atoms with E-state index in [1.807, 2.05) is 29.2 Å². The first-order valence-corrected chi connectivity index (χ1v) is 14.7. The third-order valence-corrected chi connectivity index (χ3v) is 8.67. The Bertz CT molecular complexity index is 1750. The van der Waals surface area contributed by atoms with Gasteiger partial charge in [-0.25, -0.2) is 9.37 Å². The van der Waals surface area contributed by atoms with Crippen molar-refractivity contribution in [2.45, 2.75) is 31.3 Å². The molecule has 6 rings (SSSR count). The van der Waals surface area contributed by atoms with Crippen LogP contribution >= 0.6 is 11.6 Å². The van der Waals surface area contributed by atoms with E-state index in [1.54, 1.807) is 17.0 Å². The van der Waals surface area contributed by atoms with E-state index in [2.05, 4.69) is 29.6 Å². The zero-order valence-corrected chi connectivity index (χ0v) is 24.6. The molecule has 43 heavy (non-hydrogen) atoms. The van der Waals surface area contributed by atoms with E-state index >= 15 is 4.39 Å². The monoisotopic (exact) mass is 599 g/mol. The maximum atomic E-state index is 16.0. The van der Waals surface area contributed by atoms with Crippen molar-refractivity contribution in [3.05, 3.63) is 66.0 Å². The molecule has 9 nitrogen and oxygen atoms in total. The Hall–Kier alpha value is -4.33. The highest BCUT2D eigenvalue weighted by atomic mass is 35.5. The molecular weight excluding hydrogens is 569 g/mol. The molecule has 2 saturated heterocycles. The summed E-state index contributed by atoms with van der Waals surface area (Å²) < 4.78 is 22.1. The van der Waals surface area contributed by atoms with Crippen molar-refractivity contribution in [1.29, 1.82) is 5.26 Å². The predicted molar refractivity (Wildman–Crippen MR) is 165 cm³/mol. The van der Waals surface area contributed by atoms with Gasteiger partial charge in [-0.3, -0.25) is 4.79 Å². The number of likely N-dealkylation sites (N-methyl/N-ethyl adjacent to an activating group) is 1. The molecule has 2 aliphatic rings. The van der Waals surface area contributed by atoms with Crippen LogP contribution in [0.15, 0.2) is 55.1 Å². The SMILES string of the molecule is C=CC(=O)N1CCN(c2nc(OCC3CCCN3C)nc3nc(-c4cccc5cccc(Cl)c45)c(F)cc23)CC1CC#N. The fourth-order valence-corrected chi connectivity index (χ4v) is 6.36. The maximum Gasteiger partial charge on any atom is 0.320 e. The second-order valence-corrected chi connectivity index (χ2v) is 11.4. The van der Waals surface area contributed by atoms with Crippen molar-refractivity contribution in [3.63, 3.8) is 0 Å².